The van der Waals surface area contributed by atoms with Gasteiger partial charge in [-0.1, -0.05) is 43.9 Å². The maximum atomic E-state index is 11.7. The minimum atomic E-state index is -1.19. The number of benzene rings is 2. The van der Waals surface area contributed by atoms with E-state index in [4.69, 9.17) is 9.47 Å². The number of esters is 1. The third kappa shape index (κ3) is 8.40. The molecule has 0 aliphatic heterocycles. The Labute approximate surface area is 159 Å². The van der Waals surface area contributed by atoms with Crippen LogP contribution >= 0.6 is 0 Å². The van der Waals surface area contributed by atoms with E-state index in [9.17, 15) is 14.7 Å². The molecule has 0 heterocycles. The molecule has 2 rings (SSSR count). The Kier molecular flexibility index (Phi) is 8.90. The summed E-state index contributed by atoms with van der Waals surface area (Å²) in [5.74, 6) is -0.108. The SMILES string of the molecule is O=C(CCCCCCCCOc1ccc(C(=O)[O-])cc1)Oc1ccccc1. The number of carboxylic acid groups (broad SMARTS) is 1. The van der Waals surface area contributed by atoms with Gasteiger partial charge in [0.15, 0.2) is 0 Å². The summed E-state index contributed by atoms with van der Waals surface area (Å²) < 4.78 is 10.8. The van der Waals surface area contributed by atoms with Crippen LogP contribution in [0.1, 0.15) is 55.3 Å². The van der Waals surface area contributed by atoms with Crippen molar-refractivity contribution in [3.63, 3.8) is 0 Å². The van der Waals surface area contributed by atoms with Crippen molar-refractivity contribution < 1.29 is 24.2 Å². The van der Waals surface area contributed by atoms with Crippen molar-refractivity contribution in [1.29, 1.82) is 0 Å². The van der Waals surface area contributed by atoms with Crippen molar-refractivity contribution in [3.05, 3.63) is 60.2 Å². The molecule has 0 bridgehead atoms. The summed E-state index contributed by atoms with van der Waals surface area (Å²) >= 11 is 0. The predicted octanol–water partition coefficient (Wildman–Crippen LogP) is 3.77. The standard InChI is InChI=1S/C22H26O5/c23-21(27-20-10-6-5-7-11-20)12-8-3-1-2-4-9-17-26-19-15-13-18(14-16-19)22(24)25/h5-7,10-11,13-16H,1-4,8-9,12,17H2,(H,24,25)/p-1. The summed E-state index contributed by atoms with van der Waals surface area (Å²) in [6.07, 6.45) is 6.48. The van der Waals surface area contributed by atoms with Gasteiger partial charge in [-0.2, -0.15) is 0 Å². The van der Waals surface area contributed by atoms with Gasteiger partial charge in [0.05, 0.1) is 12.6 Å². The van der Waals surface area contributed by atoms with Crippen LogP contribution in [0.4, 0.5) is 0 Å². The maximum Gasteiger partial charge on any atom is 0.311 e. The van der Waals surface area contributed by atoms with Crippen LogP contribution in [0, 0.1) is 0 Å². The lowest BCUT2D eigenvalue weighted by atomic mass is 10.1. The van der Waals surface area contributed by atoms with Gasteiger partial charge in [-0.15, -0.1) is 0 Å². The third-order valence-corrected chi connectivity index (χ3v) is 4.11. The number of hydrogen-bond donors (Lipinski definition) is 0. The van der Waals surface area contributed by atoms with E-state index in [0.717, 1.165) is 38.5 Å². The molecule has 0 aromatic heterocycles. The number of carbonyl (C=O) groups is 2. The monoisotopic (exact) mass is 369 g/mol. The van der Waals surface area contributed by atoms with Crippen LogP contribution in [0.25, 0.3) is 0 Å². The van der Waals surface area contributed by atoms with E-state index in [0.29, 0.717) is 24.5 Å². The molecule has 0 atom stereocenters. The van der Waals surface area contributed by atoms with Crippen LogP contribution in [-0.2, 0) is 4.79 Å². The molecular weight excluding hydrogens is 344 g/mol. The lowest BCUT2D eigenvalue weighted by molar-refractivity contribution is -0.255. The molecule has 27 heavy (non-hydrogen) atoms. The smallest absolute Gasteiger partial charge is 0.311 e. The van der Waals surface area contributed by atoms with E-state index in [1.165, 1.54) is 12.1 Å². The number of hydrogen-bond acceptors (Lipinski definition) is 5. The molecule has 144 valence electrons. The van der Waals surface area contributed by atoms with Gasteiger partial charge in [0.1, 0.15) is 11.5 Å². The van der Waals surface area contributed by atoms with Gasteiger partial charge in [-0.05, 0) is 54.8 Å². The highest BCUT2D eigenvalue weighted by atomic mass is 16.5. The number of unbranched alkanes of at least 4 members (excludes halogenated alkanes) is 5. The molecule has 0 radical (unpaired) electrons. The molecule has 0 fully saturated rings. The predicted molar refractivity (Wildman–Crippen MR) is 101 cm³/mol. The second kappa shape index (κ2) is 11.7. The highest BCUT2D eigenvalue weighted by Gasteiger charge is 2.04. The molecule has 0 amide bonds. The number of ether oxygens (including phenoxy) is 2. The van der Waals surface area contributed by atoms with Gasteiger partial charge in [0.2, 0.25) is 0 Å². The minimum absolute atomic E-state index is 0.148. The van der Waals surface area contributed by atoms with Crippen molar-refractivity contribution >= 4 is 11.9 Å². The largest absolute Gasteiger partial charge is 0.545 e. The van der Waals surface area contributed by atoms with E-state index in [1.807, 2.05) is 18.2 Å². The molecule has 0 saturated carbocycles. The molecular formula is C22H25O5-. The molecule has 0 spiro atoms. The molecule has 0 aliphatic rings. The zero-order valence-corrected chi connectivity index (χ0v) is 15.4. The lowest BCUT2D eigenvalue weighted by Gasteiger charge is -2.08. The highest BCUT2D eigenvalue weighted by molar-refractivity contribution is 5.85. The van der Waals surface area contributed by atoms with E-state index < -0.39 is 5.97 Å². The molecule has 5 nitrogen and oxygen atoms in total. The number of carbonyl (C=O) groups excluding carboxylic acids is 2. The first kappa shape index (κ1) is 20.5. The summed E-state index contributed by atoms with van der Waals surface area (Å²) in [5, 5.41) is 10.7. The zero-order chi connectivity index (χ0) is 19.3. The van der Waals surface area contributed by atoms with Gasteiger partial charge in [0, 0.05) is 6.42 Å². The maximum absolute atomic E-state index is 11.7. The minimum Gasteiger partial charge on any atom is -0.545 e. The van der Waals surface area contributed by atoms with Gasteiger partial charge in [-0.25, -0.2) is 0 Å². The first-order valence-corrected chi connectivity index (χ1v) is 9.35. The van der Waals surface area contributed by atoms with E-state index in [-0.39, 0.29) is 11.5 Å². The molecule has 5 heteroatoms. The fourth-order valence-electron chi connectivity index (χ4n) is 2.63. The summed E-state index contributed by atoms with van der Waals surface area (Å²) in [4.78, 5) is 22.4. The van der Waals surface area contributed by atoms with Crippen LogP contribution in [0.2, 0.25) is 0 Å². The topological polar surface area (TPSA) is 75.7 Å². The molecule has 0 unspecified atom stereocenters. The van der Waals surface area contributed by atoms with Gasteiger partial charge >= 0.3 is 5.97 Å². The summed E-state index contributed by atoms with van der Waals surface area (Å²) in [5.41, 5.74) is 0.148. The fraction of sp³-hybridized carbons (Fsp3) is 0.364. The van der Waals surface area contributed by atoms with E-state index >= 15 is 0 Å². The Bertz CT molecular complexity index is 694. The van der Waals surface area contributed by atoms with Gasteiger partial charge in [0.25, 0.3) is 0 Å². The molecule has 0 N–H and O–H groups in total. The Balaban J connectivity index is 1.44. The quantitative estimate of drug-likeness (QED) is 0.323. The Morgan fingerprint density at radius 3 is 2.04 bits per heavy atom. The number of aromatic carboxylic acids is 1. The normalized spacial score (nSPS) is 10.4. The summed E-state index contributed by atoms with van der Waals surface area (Å²) in [7, 11) is 0. The summed E-state index contributed by atoms with van der Waals surface area (Å²) in [6.45, 7) is 0.605. The second-order valence-corrected chi connectivity index (χ2v) is 6.32. The van der Waals surface area contributed by atoms with Crippen LogP contribution in [-0.4, -0.2) is 18.5 Å². The average Bonchev–Trinajstić information content (AvgIpc) is 2.68. The number of carboxylic acids is 1. The van der Waals surface area contributed by atoms with Crippen molar-refractivity contribution in [1.82, 2.24) is 0 Å². The van der Waals surface area contributed by atoms with E-state index in [2.05, 4.69) is 0 Å². The molecule has 0 saturated heterocycles. The third-order valence-electron chi connectivity index (χ3n) is 4.11. The molecule has 2 aromatic rings. The van der Waals surface area contributed by atoms with Gasteiger partial charge < -0.3 is 19.4 Å². The van der Waals surface area contributed by atoms with Crippen LogP contribution in [0.15, 0.2) is 54.6 Å². The Morgan fingerprint density at radius 2 is 1.37 bits per heavy atom. The van der Waals surface area contributed by atoms with Crippen molar-refractivity contribution in [2.24, 2.45) is 0 Å². The zero-order valence-electron chi connectivity index (χ0n) is 15.4. The first-order chi connectivity index (χ1) is 13.1. The van der Waals surface area contributed by atoms with Crippen LogP contribution in [0.5, 0.6) is 11.5 Å². The number of para-hydroxylation sites is 1. The van der Waals surface area contributed by atoms with Crippen molar-refractivity contribution in [3.8, 4) is 11.5 Å². The molecule has 2 aromatic carbocycles. The van der Waals surface area contributed by atoms with E-state index in [1.54, 1.807) is 24.3 Å². The van der Waals surface area contributed by atoms with Crippen molar-refractivity contribution in [2.75, 3.05) is 6.61 Å². The fourth-order valence-corrected chi connectivity index (χ4v) is 2.63. The highest BCUT2D eigenvalue weighted by Crippen LogP contribution is 2.14. The second-order valence-electron chi connectivity index (χ2n) is 6.32. The van der Waals surface area contributed by atoms with Gasteiger partial charge in [-0.3, -0.25) is 4.79 Å². The Morgan fingerprint density at radius 1 is 0.741 bits per heavy atom. The first-order valence-electron chi connectivity index (χ1n) is 9.35. The van der Waals surface area contributed by atoms with Crippen LogP contribution in [0.3, 0.4) is 0 Å². The molecule has 0 aliphatic carbocycles. The average molecular weight is 369 g/mol. The van der Waals surface area contributed by atoms with Crippen LogP contribution < -0.4 is 14.6 Å². The lowest BCUT2D eigenvalue weighted by Crippen LogP contribution is -2.21. The summed E-state index contributed by atoms with van der Waals surface area (Å²) in [6, 6.07) is 15.4. The number of rotatable bonds is 12. The Hall–Kier alpha value is -2.82. The van der Waals surface area contributed by atoms with Crippen molar-refractivity contribution in [2.45, 2.75) is 44.9 Å².